The van der Waals surface area contributed by atoms with Crippen LogP contribution in [-0.4, -0.2) is 0 Å². The van der Waals surface area contributed by atoms with Crippen molar-refractivity contribution in [3.05, 3.63) is 57.5 Å². The quantitative estimate of drug-likeness (QED) is 0.866. The summed E-state index contributed by atoms with van der Waals surface area (Å²) in [6, 6.07) is 8.59. The van der Waals surface area contributed by atoms with E-state index in [2.05, 4.69) is 18.4 Å². The first-order valence-corrected chi connectivity index (χ1v) is 6.09. The summed E-state index contributed by atoms with van der Waals surface area (Å²) in [4.78, 5) is 1.26. The fraction of sp³-hybridized carbons (Fsp3) is 0.231. The summed E-state index contributed by atoms with van der Waals surface area (Å²) in [5.41, 5.74) is 8.38. The lowest BCUT2D eigenvalue weighted by Gasteiger charge is -2.11. The predicted octanol–water partition coefficient (Wildman–Crippen LogP) is 3.44. The molecule has 0 fully saturated rings. The zero-order chi connectivity index (χ0) is 11.5. The fourth-order valence-corrected chi connectivity index (χ4v) is 2.54. The van der Waals surface area contributed by atoms with Gasteiger partial charge in [-0.2, -0.15) is 0 Å². The van der Waals surface area contributed by atoms with E-state index in [1.54, 1.807) is 23.5 Å². The van der Waals surface area contributed by atoms with Crippen LogP contribution < -0.4 is 5.73 Å². The lowest BCUT2D eigenvalue weighted by atomic mass is 10.0. The Morgan fingerprint density at radius 1 is 1.25 bits per heavy atom. The van der Waals surface area contributed by atoms with Gasteiger partial charge in [0.25, 0.3) is 0 Å². The Hall–Kier alpha value is -1.19. The van der Waals surface area contributed by atoms with E-state index in [-0.39, 0.29) is 11.9 Å². The normalized spacial score (nSPS) is 12.7. The van der Waals surface area contributed by atoms with Gasteiger partial charge in [0.15, 0.2) is 0 Å². The van der Waals surface area contributed by atoms with E-state index in [0.717, 1.165) is 12.0 Å². The van der Waals surface area contributed by atoms with E-state index in [1.165, 1.54) is 22.6 Å². The number of aryl methyl sites for hydroxylation is 1. The van der Waals surface area contributed by atoms with Crippen LogP contribution in [0.3, 0.4) is 0 Å². The third-order valence-electron chi connectivity index (χ3n) is 2.67. The van der Waals surface area contributed by atoms with Crippen LogP contribution in [-0.2, 0) is 6.42 Å². The summed E-state index contributed by atoms with van der Waals surface area (Å²) in [6.07, 6.45) is 0.748. The molecule has 1 aromatic heterocycles. The zero-order valence-corrected chi connectivity index (χ0v) is 9.93. The Bertz CT molecular complexity index is 461. The second-order valence-corrected chi connectivity index (χ2v) is 4.99. The van der Waals surface area contributed by atoms with E-state index in [0.29, 0.717) is 0 Å². The summed E-state index contributed by atoms with van der Waals surface area (Å²) < 4.78 is 12.7. The molecule has 0 bridgehead atoms. The van der Waals surface area contributed by atoms with E-state index in [1.807, 2.05) is 0 Å². The Labute approximate surface area is 98.7 Å². The summed E-state index contributed by atoms with van der Waals surface area (Å²) in [7, 11) is 0. The first-order chi connectivity index (χ1) is 7.66. The maximum atomic E-state index is 12.7. The van der Waals surface area contributed by atoms with Crippen LogP contribution in [0.2, 0.25) is 0 Å². The van der Waals surface area contributed by atoms with Crippen molar-refractivity contribution in [1.82, 2.24) is 0 Å². The second-order valence-electron chi connectivity index (χ2n) is 3.87. The van der Waals surface area contributed by atoms with Gasteiger partial charge in [0.1, 0.15) is 5.82 Å². The molecular formula is C13H14FNS. The number of benzene rings is 1. The third-order valence-corrected chi connectivity index (χ3v) is 3.53. The molecule has 16 heavy (non-hydrogen) atoms. The molecule has 84 valence electrons. The van der Waals surface area contributed by atoms with Gasteiger partial charge in [-0.1, -0.05) is 12.1 Å². The van der Waals surface area contributed by atoms with Crippen molar-refractivity contribution in [2.75, 3.05) is 0 Å². The van der Waals surface area contributed by atoms with Crippen LogP contribution in [0.1, 0.15) is 22.0 Å². The van der Waals surface area contributed by atoms with Gasteiger partial charge in [-0.25, -0.2) is 4.39 Å². The van der Waals surface area contributed by atoms with E-state index >= 15 is 0 Å². The highest BCUT2D eigenvalue weighted by atomic mass is 32.1. The topological polar surface area (TPSA) is 26.0 Å². The Morgan fingerprint density at radius 2 is 1.94 bits per heavy atom. The van der Waals surface area contributed by atoms with Gasteiger partial charge in [-0.3, -0.25) is 0 Å². The molecule has 0 saturated heterocycles. The summed E-state index contributed by atoms with van der Waals surface area (Å²) in [5, 5.41) is 2.05. The summed E-state index contributed by atoms with van der Waals surface area (Å²) >= 11 is 1.71. The minimum Gasteiger partial charge on any atom is -0.324 e. The molecule has 0 aliphatic rings. The molecule has 0 saturated carbocycles. The molecule has 2 aromatic rings. The maximum absolute atomic E-state index is 12.7. The molecule has 1 heterocycles. The second kappa shape index (κ2) is 4.76. The van der Waals surface area contributed by atoms with Crippen molar-refractivity contribution in [2.24, 2.45) is 5.73 Å². The molecule has 0 aliphatic heterocycles. The van der Waals surface area contributed by atoms with Crippen molar-refractivity contribution >= 4 is 11.3 Å². The molecule has 1 unspecified atom stereocenters. The van der Waals surface area contributed by atoms with Gasteiger partial charge < -0.3 is 5.73 Å². The van der Waals surface area contributed by atoms with Crippen LogP contribution in [0.25, 0.3) is 0 Å². The van der Waals surface area contributed by atoms with Crippen LogP contribution in [0.4, 0.5) is 4.39 Å². The van der Waals surface area contributed by atoms with Crippen molar-refractivity contribution in [2.45, 2.75) is 19.4 Å². The smallest absolute Gasteiger partial charge is 0.123 e. The van der Waals surface area contributed by atoms with E-state index < -0.39 is 0 Å². The minimum atomic E-state index is -0.205. The lowest BCUT2D eigenvalue weighted by molar-refractivity contribution is 0.625. The number of hydrogen-bond acceptors (Lipinski definition) is 2. The highest BCUT2D eigenvalue weighted by Crippen LogP contribution is 2.23. The van der Waals surface area contributed by atoms with E-state index in [4.69, 9.17) is 5.73 Å². The molecule has 0 aliphatic carbocycles. The summed E-state index contributed by atoms with van der Waals surface area (Å²) in [5.74, 6) is -0.205. The molecule has 2 N–H and O–H groups in total. The molecule has 3 heteroatoms. The first-order valence-electron chi connectivity index (χ1n) is 5.21. The number of nitrogens with two attached hydrogens (primary N) is 1. The summed E-state index contributed by atoms with van der Waals surface area (Å²) in [6.45, 7) is 2.07. The Kier molecular flexibility index (Phi) is 3.36. The number of halogens is 1. The number of rotatable bonds is 3. The largest absolute Gasteiger partial charge is 0.324 e. The van der Waals surface area contributed by atoms with Crippen molar-refractivity contribution < 1.29 is 4.39 Å². The molecular weight excluding hydrogens is 221 g/mol. The van der Waals surface area contributed by atoms with Gasteiger partial charge in [0.05, 0.1) is 0 Å². The first kappa shape index (κ1) is 11.3. The maximum Gasteiger partial charge on any atom is 0.123 e. The number of hydrogen-bond donors (Lipinski definition) is 1. The molecule has 0 radical (unpaired) electrons. The van der Waals surface area contributed by atoms with Crippen LogP contribution in [0, 0.1) is 12.7 Å². The molecule has 0 spiro atoms. The van der Waals surface area contributed by atoms with Gasteiger partial charge in [0, 0.05) is 10.9 Å². The SMILES string of the molecule is Cc1sccc1C(N)Cc1ccc(F)cc1. The lowest BCUT2D eigenvalue weighted by Crippen LogP contribution is -2.13. The van der Waals surface area contributed by atoms with Gasteiger partial charge in [-0.15, -0.1) is 11.3 Å². The van der Waals surface area contributed by atoms with Gasteiger partial charge in [-0.05, 0) is 48.1 Å². The highest BCUT2D eigenvalue weighted by Gasteiger charge is 2.10. The average Bonchev–Trinajstić information content (AvgIpc) is 2.68. The molecule has 1 atom stereocenters. The van der Waals surface area contributed by atoms with E-state index in [9.17, 15) is 4.39 Å². The van der Waals surface area contributed by atoms with Crippen LogP contribution >= 0.6 is 11.3 Å². The third kappa shape index (κ3) is 2.49. The fourth-order valence-electron chi connectivity index (χ4n) is 1.76. The predicted molar refractivity (Wildman–Crippen MR) is 66.1 cm³/mol. The van der Waals surface area contributed by atoms with Crippen molar-refractivity contribution in [3.8, 4) is 0 Å². The average molecular weight is 235 g/mol. The minimum absolute atomic E-state index is 0.00305. The zero-order valence-electron chi connectivity index (χ0n) is 9.11. The monoisotopic (exact) mass is 235 g/mol. The molecule has 1 aromatic carbocycles. The molecule has 0 amide bonds. The Morgan fingerprint density at radius 3 is 2.50 bits per heavy atom. The molecule has 1 nitrogen and oxygen atoms in total. The van der Waals surface area contributed by atoms with Gasteiger partial charge >= 0.3 is 0 Å². The van der Waals surface area contributed by atoms with Crippen molar-refractivity contribution in [3.63, 3.8) is 0 Å². The van der Waals surface area contributed by atoms with Gasteiger partial charge in [0.2, 0.25) is 0 Å². The highest BCUT2D eigenvalue weighted by molar-refractivity contribution is 7.10. The standard InChI is InChI=1S/C13H14FNS/c1-9-12(6-7-16-9)13(15)8-10-2-4-11(14)5-3-10/h2-7,13H,8,15H2,1H3. The number of thiophene rings is 1. The Balaban J connectivity index is 2.10. The molecule has 2 rings (SSSR count). The van der Waals surface area contributed by atoms with Crippen LogP contribution in [0.15, 0.2) is 35.7 Å². The van der Waals surface area contributed by atoms with Crippen molar-refractivity contribution in [1.29, 1.82) is 0 Å². The van der Waals surface area contributed by atoms with Crippen LogP contribution in [0.5, 0.6) is 0 Å².